The van der Waals surface area contributed by atoms with Crippen LogP contribution in [0.5, 0.6) is 5.75 Å². The average Bonchev–Trinajstić information content (AvgIpc) is 2.63. The van der Waals surface area contributed by atoms with E-state index in [4.69, 9.17) is 15.2 Å². The number of piperidine rings is 2. The van der Waals surface area contributed by atoms with Gasteiger partial charge in [-0.15, -0.1) is 0 Å². The summed E-state index contributed by atoms with van der Waals surface area (Å²) in [6.45, 7) is 3.87. The Labute approximate surface area is 149 Å². The molecule has 0 aliphatic carbocycles. The van der Waals surface area contributed by atoms with Crippen molar-refractivity contribution in [2.24, 2.45) is 0 Å². The Kier molecular flexibility index (Phi) is 6.02. The number of anilines is 2. The summed E-state index contributed by atoms with van der Waals surface area (Å²) >= 11 is 0. The number of hydrogen-bond acceptors (Lipinski definition) is 5. The SMILES string of the molecule is COCCOc1ccc(N2CCC(N3CCCCC3=O)CC2)c(N)c1. The van der Waals surface area contributed by atoms with Crippen LogP contribution in [-0.2, 0) is 9.53 Å². The molecule has 2 aliphatic rings. The highest BCUT2D eigenvalue weighted by Crippen LogP contribution is 2.31. The molecule has 138 valence electrons. The van der Waals surface area contributed by atoms with E-state index in [1.54, 1.807) is 7.11 Å². The Bertz CT molecular complexity index is 585. The molecule has 0 atom stereocenters. The molecule has 0 unspecified atom stereocenters. The van der Waals surface area contributed by atoms with Crippen molar-refractivity contribution in [3.8, 4) is 5.75 Å². The van der Waals surface area contributed by atoms with Crippen LogP contribution >= 0.6 is 0 Å². The average molecular weight is 347 g/mol. The fraction of sp³-hybridized carbons (Fsp3) is 0.632. The quantitative estimate of drug-likeness (QED) is 0.632. The summed E-state index contributed by atoms with van der Waals surface area (Å²) in [5.74, 6) is 1.11. The molecule has 0 saturated carbocycles. The number of likely N-dealkylation sites (tertiary alicyclic amines) is 1. The second-order valence-corrected chi connectivity index (χ2v) is 6.82. The molecule has 0 bridgehead atoms. The molecule has 2 saturated heterocycles. The van der Waals surface area contributed by atoms with E-state index >= 15 is 0 Å². The van der Waals surface area contributed by atoms with E-state index in [0.717, 1.165) is 68.9 Å². The molecule has 25 heavy (non-hydrogen) atoms. The maximum absolute atomic E-state index is 12.1. The van der Waals surface area contributed by atoms with Gasteiger partial charge in [-0.3, -0.25) is 4.79 Å². The highest BCUT2D eigenvalue weighted by molar-refractivity contribution is 5.77. The fourth-order valence-corrected chi connectivity index (χ4v) is 3.78. The normalized spacial score (nSPS) is 19.3. The Morgan fingerprint density at radius 3 is 2.64 bits per heavy atom. The van der Waals surface area contributed by atoms with Gasteiger partial charge in [0.25, 0.3) is 0 Å². The predicted molar refractivity (Wildman–Crippen MR) is 99.0 cm³/mol. The Morgan fingerprint density at radius 2 is 1.96 bits per heavy atom. The number of ether oxygens (including phenoxy) is 2. The number of carbonyl (C=O) groups is 1. The van der Waals surface area contributed by atoms with Gasteiger partial charge in [-0.05, 0) is 37.8 Å². The van der Waals surface area contributed by atoms with Gasteiger partial charge in [0.2, 0.25) is 5.91 Å². The summed E-state index contributed by atoms with van der Waals surface area (Å²) in [5.41, 5.74) is 8.03. The van der Waals surface area contributed by atoms with Crippen molar-refractivity contribution in [2.45, 2.75) is 38.1 Å². The standard InChI is InChI=1S/C19H29N3O3/c1-24-12-13-25-16-5-6-18(17(20)14-16)21-10-7-15(8-11-21)22-9-3-2-4-19(22)23/h5-6,14-15H,2-4,7-13,20H2,1H3. The molecule has 2 fully saturated rings. The van der Waals surface area contributed by atoms with E-state index in [2.05, 4.69) is 9.80 Å². The highest BCUT2D eigenvalue weighted by atomic mass is 16.5. The molecular formula is C19H29N3O3. The van der Waals surface area contributed by atoms with Gasteiger partial charge in [0.05, 0.1) is 18.0 Å². The molecule has 0 spiro atoms. The van der Waals surface area contributed by atoms with Crippen LogP contribution in [0.4, 0.5) is 11.4 Å². The van der Waals surface area contributed by atoms with Gasteiger partial charge in [-0.1, -0.05) is 0 Å². The van der Waals surface area contributed by atoms with E-state index in [9.17, 15) is 4.79 Å². The van der Waals surface area contributed by atoms with Crippen LogP contribution < -0.4 is 15.4 Å². The van der Waals surface area contributed by atoms with Gasteiger partial charge in [0.1, 0.15) is 12.4 Å². The number of nitrogens with two attached hydrogens (primary N) is 1. The van der Waals surface area contributed by atoms with Crippen molar-refractivity contribution in [2.75, 3.05) is 50.6 Å². The number of nitrogen functional groups attached to an aromatic ring is 1. The van der Waals surface area contributed by atoms with Gasteiger partial charge in [-0.25, -0.2) is 0 Å². The molecule has 2 heterocycles. The lowest BCUT2D eigenvalue weighted by molar-refractivity contribution is -0.136. The predicted octanol–water partition coefficient (Wildman–Crippen LogP) is 2.28. The first-order chi connectivity index (χ1) is 12.2. The number of benzene rings is 1. The van der Waals surface area contributed by atoms with E-state index in [0.29, 0.717) is 25.2 Å². The Hall–Kier alpha value is -1.95. The molecule has 2 N–H and O–H groups in total. The zero-order valence-electron chi connectivity index (χ0n) is 15.1. The number of amides is 1. The van der Waals surface area contributed by atoms with E-state index in [1.807, 2.05) is 18.2 Å². The first kappa shape index (κ1) is 17.9. The van der Waals surface area contributed by atoms with E-state index < -0.39 is 0 Å². The first-order valence-electron chi connectivity index (χ1n) is 9.24. The van der Waals surface area contributed by atoms with Crippen LogP contribution in [0, 0.1) is 0 Å². The van der Waals surface area contributed by atoms with Crippen molar-refractivity contribution in [3.05, 3.63) is 18.2 Å². The van der Waals surface area contributed by atoms with Crippen LogP contribution in [0.1, 0.15) is 32.1 Å². The molecule has 3 rings (SSSR count). The highest BCUT2D eigenvalue weighted by Gasteiger charge is 2.29. The summed E-state index contributed by atoms with van der Waals surface area (Å²) in [7, 11) is 1.65. The minimum absolute atomic E-state index is 0.335. The molecule has 1 amide bonds. The van der Waals surface area contributed by atoms with Gasteiger partial charge in [-0.2, -0.15) is 0 Å². The third-order valence-corrected chi connectivity index (χ3v) is 5.16. The largest absolute Gasteiger partial charge is 0.491 e. The molecule has 6 nitrogen and oxygen atoms in total. The molecule has 0 aromatic heterocycles. The minimum Gasteiger partial charge on any atom is -0.491 e. The fourth-order valence-electron chi connectivity index (χ4n) is 3.78. The smallest absolute Gasteiger partial charge is 0.222 e. The maximum Gasteiger partial charge on any atom is 0.222 e. The van der Waals surface area contributed by atoms with Crippen LogP contribution in [0.2, 0.25) is 0 Å². The summed E-state index contributed by atoms with van der Waals surface area (Å²) in [4.78, 5) is 16.5. The lowest BCUT2D eigenvalue weighted by Gasteiger charge is -2.41. The summed E-state index contributed by atoms with van der Waals surface area (Å²) in [6.07, 6.45) is 4.93. The minimum atomic E-state index is 0.335. The Balaban J connectivity index is 1.56. The monoisotopic (exact) mass is 347 g/mol. The molecule has 6 heteroatoms. The first-order valence-corrected chi connectivity index (χ1v) is 9.24. The van der Waals surface area contributed by atoms with Gasteiger partial charge in [0.15, 0.2) is 0 Å². The number of hydrogen-bond donors (Lipinski definition) is 1. The lowest BCUT2D eigenvalue weighted by Crippen LogP contribution is -2.49. The second-order valence-electron chi connectivity index (χ2n) is 6.82. The van der Waals surface area contributed by atoms with E-state index in [-0.39, 0.29) is 0 Å². The van der Waals surface area contributed by atoms with E-state index in [1.165, 1.54) is 0 Å². The van der Waals surface area contributed by atoms with Gasteiger partial charge >= 0.3 is 0 Å². The van der Waals surface area contributed by atoms with Crippen molar-refractivity contribution < 1.29 is 14.3 Å². The summed E-state index contributed by atoms with van der Waals surface area (Å²) in [5, 5.41) is 0. The van der Waals surface area contributed by atoms with Gasteiger partial charge in [0, 0.05) is 45.3 Å². The zero-order chi connectivity index (χ0) is 17.6. The molecular weight excluding hydrogens is 318 g/mol. The number of carbonyl (C=O) groups excluding carboxylic acids is 1. The van der Waals surface area contributed by atoms with Gasteiger partial charge < -0.3 is 25.0 Å². The zero-order valence-corrected chi connectivity index (χ0v) is 15.1. The molecule has 1 aromatic rings. The van der Waals surface area contributed by atoms with Crippen molar-refractivity contribution in [3.63, 3.8) is 0 Å². The van der Waals surface area contributed by atoms with Crippen molar-refractivity contribution in [1.29, 1.82) is 0 Å². The third kappa shape index (κ3) is 4.37. The van der Waals surface area contributed by atoms with Crippen LogP contribution in [0.3, 0.4) is 0 Å². The number of nitrogens with zero attached hydrogens (tertiary/aromatic N) is 2. The van der Waals surface area contributed by atoms with Crippen LogP contribution in [0.15, 0.2) is 18.2 Å². The lowest BCUT2D eigenvalue weighted by atomic mass is 9.99. The molecule has 2 aliphatic heterocycles. The summed E-state index contributed by atoms with van der Waals surface area (Å²) in [6, 6.07) is 6.26. The second kappa shape index (κ2) is 8.43. The maximum atomic E-state index is 12.1. The Morgan fingerprint density at radius 1 is 1.16 bits per heavy atom. The molecule has 1 aromatic carbocycles. The topological polar surface area (TPSA) is 68.0 Å². The number of rotatable bonds is 6. The van der Waals surface area contributed by atoms with Crippen molar-refractivity contribution in [1.82, 2.24) is 4.90 Å². The number of methoxy groups -OCH3 is 1. The van der Waals surface area contributed by atoms with Crippen LogP contribution in [0.25, 0.3) is 0 Å². The van der Waals surface area contributed by atoms with Crippen LogP contribution in [-0.4, -0.2) is 56.8 Å². The molecule has 0 radical (unpaired) electrons. The summed E-state index contributed by atoms with van der Waals surface area (Å²) < 4.78 is 10.6. The van der Waals surface area contributed by atoms with Crippen molar-refractivity contribution >= 4 is 17.3 Å². The third-order valence-electron chi connectivity index (χ3n) is 5.16.